The molecule has 0 radical (unpaired) electrons. The number of aromatic nitrogens is 4. The minimum atomic E-state index is -3.44. The van der Waals surface area contributed by atoms with Gasteiger partial charge in [0, 0.05) is 36.6 Å². The maximum atomic E-state index is 14.0. The molecule has 2 heterocycles. The van der Waals surface area contributed by atoms with Gasteiger partial charge in [-0.25, -0.2) is 17.8 Å². The highest BCUT2D eigenvalue weighted by Gasteiger charge is 2.16. The summed E-state index contributed by atoms with van der Waals surface area (Å²) in [5.41, 5.74) is 0.758. The number of ether oxygens (including phenoxy) is 1. The number of nitrogens with zero attached hydrogens (tertiary/aromatic N) is 4. The summed E-state index contributed by atoms with van der Waals surface area (Å²) in [5, 5.41) is 10.5. The molecular formula is C20H19FN6O3S. The number of nitrogens with one attached hydrogen (secondary N) is 2. The van der Waals surface area contributed by atoms with E-state index in [2.05, 4.69) is 25.5 Å². The van der Waals surface area contributed by atoms with Crippen molar-refractivity contribution in [3.8, 4) is 5.75 Å². The molecule has 2 aromatic carbocycles. The molecule has 4 rings (SSSR count). The average molecular weight is 442 g/mol. The number of hydrogen-bond donors (Lipinski definition) is 2. The molecule has 0 atom stereocenters. The van der Waals surface area contributed by atoms with Gasteiger partial charge in [0.05, 0.1) is 12.0 Å². The summed E-state index contributed by atoms with van der Waals surface area (Å²) in [6, 6.07) is 11.0. The van der Waals surface area contributed by atoms with E-state index in [0.717, 1.165) is 6.26 Å². The quantitative estimate of drug-likeness (QED) is 0.467. The van der Waals surface area contributed by atoms with E-state index in [1.807, 2.05) is 0 Å². The van der Waals surface area contributed by atoms with Gasteiger partial charge in [-0.05, 0) is 30.3 Å². The lowest BCUT2D eigenvalue weighted by atomic mass is 10.2. The van der Waals surface area contributed by atoms with Gasteiger partial charge in [-0.2, -0.15) is 10.1 Å². The molecule has 0 aliphatic carbocycles. The summed E-state index contributed by atoms with van der Waals surface area (Å²) in [5.74, 6) is 1.22. The molecule has 2 N–H and O–H groups in total. The fraction of sp³-hybridized carbons (Fsp3) is 0.150. The molecule has 0 bridgehead atoms. The molecule has 2 aromatic heterocycles. The Balaban J connectivity index is 1.67. The first-order valence-electron chi connectivity index (χ1n) is 9.12. The van der Waals surface area contributed by atoms with Crippen LogP contribution < -0.4 is 15.0 Å². The first kappa shape index (κ1) is 20.5. The SMILES string of the molecule is COc1cc(Nc2nccc(N(C)c3n[nH]c4c(F)cccc34)n2)cc(S(C)(=O)=O)c1. The Bertz CT molecular complexity index is 1370. The second kappa shape index (κ2) is 7.84. The predicted octanol–water partition coefficient (Wildman–Crippen LogP) is 3.42. The molecule has 0 fully saturated rings. The van der Waals surface area contributed by atoms with Crippen LogP contribution in [-0.4, -0.2) is 49.0 Å². The Morgan fingerprint density at radius 1 is 1.19 bits per heavy atom. The number of methoxy groups -OCH3 is 1. The van der Waals surface area contributed by atoms with Crippen molar-refractivity contribution in [2.75, 3.05) is 30.6 Å². The van der Waals surface area contributed by atoms with Crippen LogP contribution in [0.2, 0.25) is 0 Å². The first-order valence-corrected chi connectivity index (χ1v) is 11.0. The van der Waals surface area contributed by atoms with Crippen LogP contribution in [0.1, 0.15) is 0 Å². The molecule has 9 nitrogen and oxygen atoms in total. The van der Waals surface area contributed by atoms with Crippen LogP contribution in [0.4, 0.5) is 27.7 Å². The largest absolute Gasteiger partial charge is 0.497 e. The van der Waals surface area contributed by atoms with Crippen molar-refractivity contribution in [2.45, 2.75) is 4.90 Å². The van der Waals surface area contributed by atoms with Crippen LogP contribution in [0.15, 0.2) is 53.6 Å². The topological polar surface area (TPSA) is 113 Å². The van der Waals surface area contributed by atoms with Crippen molar-refractivity contribution in [3.05, 3.63) is 54.5 Å². The number of benzene rings is 2. The van der Waals surface area contributed by atoms with Crippen molar-refractivity contribution >= 4 is 44.0 Å². The Hall–Kier alpha value is -3.73. The van der Waals surface area contributed by atoms with Crippen LogP contribution in [0, 0.1) is 5.82 Å². The lowest BCUT2D eigenvalue weighted by Gasteiger charge is -2.16. The number of H-pyrrole nitrogens is 1. The maximum absolute atomic E-state index is 14.0. The summed E-state index contributed by atoms with van der Waals surface area (Å²) < 4.78 is 43.1. The Kier molecular flexibility index (Phi) is 5.19. The number of sulfone groups is 1. The lowest BCUT2D eigenvalue weighted by molar-refractivity contribution is 0.413. The van der Waals surface area contributed by atoms with Gasteiger partial charge in [-0.3, -0.25) is 5.10 Å². The highest BCUT2D eigenvalue weighted by atomic mass is 32.2. The number of fused-ring (bicyclic) bond motifs is 1. The zero-order valence-corrected chi connectivity index (χ0v) is 17.7. The highest BCUT2D eigenvalue weighted by Crippen LogP contribution is 2.30. The fourth-order valence-electron chi connectivity index (χ4n) is 3.06. The van der Waals surface area contributed by atoms with E-state index < -0.39 is 15.7 Å². The van der Waals surface area contributed by atoms with Crippen LogP contribution in [-0.2, 0) is 9.84 Å². The van der Waals surface area contributed by atoms with Crippen molar-refractivity contribution in [2.24, 2.45) is 0 Å². The normalized spacial score (nSPS) is 11.5. The summed E-state index contributed by atoms with van der Waals surface area (Å²) in [6.07, 6.45) is 2.67. The van der Waals surface area contributed by atoms with Gasteiger partial charge in [0.25, 0.3) is 0 Å². The Labute approximate surface area is 177 Å². The fourth-order valence-corrected chi connectivity index (χ4v) is 3.73. The van der Waals surface area contributed by atoms with Gasteiger partial charge in [0.1, 0.15) is 22.9 Å². The Morgan fingerprint density at radius 3 is 2.74 bits per heavy atom. The van der Waals surface area contributed by atoms with Crippen molar-refractivity contribution in [3.63, 3.8) is 0 Å². The third-order valence-corrected chi connectivity index (χ3v) is 5.72. The number of aromatic amines is 1. The van der Waals surface area contributed by atoms with E-state index in [4.69, 9.17) is 4.74 Å². The van der Waals surface area contributed by atoms with Gasteiger partial charge in [0.2, 0.25) is 5.95 Å². The van der Waals surface area contributed by atoms with Crippen molar-refractivity contribution in [1.29, 1.82) is 0 Å². The van der Waals surface area contributed by atoms with E-state index in [0.29, 0.717) is 34.0 Å². The van der Waals surface area contributed by atoms with Crippen molar-refractivity contribution < 1.29 is 17.5 Å². The summed E-state index contributed by atoms with van der Waals surface area (Å²) in [6.45, 7) is 0. The van der Waals surface area contributed by atoms with Crippen LogP contribution in [0.25, 0.3) is 10.9 Å². The molecule has 0 saturated heterocycles. The lowest BCUT2D eigenvalue weighted by Crippen LogP contribution is -2.13. The van der Waals surface area contributed by atoms with E-state index in [-0.39, 0.29) is 10.8 Å². The molecule has 0 unspecified atom stereocenters. The third kappa shape index (κ3) is 4.12. The van der Waals surface area contributed by atoms with E-state index in [1.165, 1.54) is 25.3 Å². The summed E-state index contributed by atoms with van der Waals surface area (Å²) >= 11 is 0. The minimum absolute atomic E-state index is 0.104. The zero-order chi connectivity index (χ0) is 22.2. The second-order valence-corrected chi connectivity index (χ2v) is 8.82. The molecule has 0 aliphatic rings. The number of hydrogen-bond acceptors (Lipinski definition) is 8. The second-order valence-electron chi connectivity index (χ2n) is 6.80. The number of para-hydroxylation sites is 1. The molecule has 31 heavy (non-hydrogen) atoms. The molecule has 0 spiro atoms. The molecule has 0 aliphatic heterocycles. The molecule has 0 saturated carbocycles. The van der Waals surface area contributed by atoms with Gasteiger partial charge >= 0.3 is 0 Å². The zero-order valence-electron chi connectivity index (χ0n) is 16.9. The van der Waals surface area contributed by atoms with Crippen LogP contribution >= 0.6 is 0 Å². The average Bonchev–Trinajstić information content (AvgIpc) is 3.18. The standard InChI is InChI=1S/C20H19FN6O3S/c1-27(19-15-5-4-6-16(21)18(15)25-26-19)17-7-8-22-20(24-17)23-12-9-13(30-2)11-14(10-12)31(3,28)29/h4-11H,1-3H3,(H,25,26)(H,22,23,24). The van der Waals surface area contributed by atoms with E-state index in [1.54, 1.807) is 42.4 Å². The van der Waals surface area contributed by atoms with Crippen LogP contribution in [0.5, 0.6) is 5.75 Å². The number of anilines is 4. The Morgan fingerprint density at radius 2 is 2.00 bits per heavy atom. The van der Waals surface area contributed by atoms with Crippen molar-refractivity contribution in [1.82, 2.24) is 20.2 Å². The molecular weight excluding hydrogens is 423 g/mol. The monoisotopic (exact) mass is 442 g/mol. The highest BCUT2D eigenvalue weighted by molar-refractivity contribution is 7.90. The molecule has 0 amide bonds. The van der Waals surface area contributed by atoms with Gasteiger partial charge in [-0.15, -0.1) is 0 Å². The predicted molar refractivity (Wildman–Crippen MR) is 116 cm³/mol. The molecule has 160 valence electrons. The van der Waals surface area contributed by atoms with E-state index in [9.17, 15) is 12.8 Å². The molecule has 11 heteroatoms. The van der Waals surface area contributed by atoms with Gasteiger partial charge < -0.3 is 15.0 Å². The smallest absolute Gasteiger partial charge is 0.229 e. The van der Waals surface area contributed by atoms with Gasteiger partial charge in [-0.1, -0.05) is 6.07 Å². The summed E-state index contributed by atoms with van der Waals surface area (Å²) in [7, 11) is -0.235. The summed E-state index contributed by atoms with van der Waals surface area (Å²) in [4.78, 5) is 10.5. The number of halogens is 1. The van der Waals surface area contributed by atoms with Gasteiger partial charge in [0.15, 0.2) is 15.7 Å². The number of rotatable bonds is 6. The third-order valence-electron chi connectivity index (χ3n) is 4.63. The van der Waals surface area contributed by atoms with Crippen LogP contribution in [0.3, 0.4) is 0 Å². The molecule has 4 aromatic rings. The maximum Gasteiger partial charge on any atom is 0.229 e. The first-order chi connectivity index (χ1) is 14.8. The van der Waals surface area contributed by atoms with E-state index >= 15 is 0 Å². The minimum Gasteiger partial charge on any atom is -0.497 e.